The van der Waals surface area contributed by atoms with Crippen LogP contribution < -0.4 is 4.74 Å². The summed E-state index contributed by atoms with van der Waals surface area (Å²) >= 11 is 5.95. The van der Waals surface area contributed by atoms with Crippen molar-refractivity contribution >= 4 is 21.6 Å². The van der Waals surface area contributed by atoms with Crippen molar-refractivity contribution in [3.63, 3.8) is 0 Å². The summed E-state index contributed by atoms with van der Waals surface area (Å²) in [6.07, 6.45) is 1.96. The average Bonchev–Trinajstić information content (AvgIpc) is 2.41. The molecule has 0 radical (unpaired) electrons. The fourth-order valence-electron chi connectivity index (χ4n) is 2.46. The van der Waals surface area contributed by atoms with Crippen LogP contribution in [0.4, 0.5) is 0 Å². The van der Waals surface area contributed by atoms with Crippen LogP contribution >= 0.6 is 11.6 Å². The Balaban J connectivity index is 2.40. The number of hydrogen-bond acceptors (Lipinski definition) is 3. The van der Waals surface area contributed by atoms with Crippen LogP contribution in [0.15, 0.2) is 23.1 Å². The zero-order valence-electron chi connectivity index (χ0n) is 11.8. The van der Waals surface area contributed by atoms with Crippen molar-refractivity contribution in [2.45, 2.75) is 31.6 Å². The Morgan fingerprint density at radius 3 is 2.85 bits per heavy atom. The number of halogens is 1. The highest BCUT2D eigenvalue weighted by Gasteiger charge is 2.31. The van der Waals surface area contributed by atoms with Crippen LogP contribution in [0.3, 0.4) is 0 Å². The summed E-state index contributed by atoms with van der Waals surface area (Å²) in [6, 6.07) is 4.73. The number of piperidine rings is 1. The number of sulfonamides is 1. The van der Waals surface area contributed by atoms with Gasteiger partial charge in [-0.05, 0) is 43.9 Å². The van der Waals surface area contributed by atoms with Crippen molar-refractivity contribution in [1.82, 2.24) is 4.31 Å². The largest absolute Gasteiger partial charge is 0.492 e. The van der Waals surface area contributed by atoms with Crippen LogP contribution in [0, 0.1) is 5.92 Å². The lowest BCUT2D eigenvalue weighted by Gasteiger charge is -2.30. The molecule has 0 saturated carbocycles. The highest BCUT2D eigenvalue weighted by molar-refractivity contribution is 7.89. The zero-order chi connectivity index (χ0) is 14.8. The lowest BCUT2D eigenvalue weighted by Crippen LogP contribution is -2.39. The van der Waals surface area contributed by atoms with Gasteiger partial charge in [0.1, 0.15) is 10.6 Å². The molecule has 1 aromatic carbocycles. The third-order valence-corrected chi connectivity index (χ3v) is 5.56. The van der Waals surface area contributed by atoms with E-state index in [1.807, 2.05) is 6.92 Å². The van der Waals surface area contributed by atoms with Crippen molar-refractivity contribution < 1.29 is 13.2 Å². The van der Waals surface area contributed by atoms with Gasteiger partial charge in [-0.15, -0.1) is 0 Å². The molecule has 1 saturated heterocycles. The van der Waals surface area contributed by atoms with Crippen molar-refractivity contribution in [2.75, 3.05) is 19.7 Å². The summed E-state index contributed by atoms with van der Waals surface area (Å²) in [4.78, 5) is 0.168. The molecule has 0 unspecified atom stereocenters. The minimum atomic E-state index is -3.55. The smallest absolute Gasteiger partial charge is 0.246 e. The third-order valence-electron chi connectivity index (χ3n) is 3.44. The number of nitrogens with zero attached hydrogens (tertiary/aromatic N) is 1. The van der Waals surface area contributed by atoms with Gasteiger partial charge in [-0.3, -0.25) is 0 Å². The minimum absolute atomic E-state index is 0.168. The normalized spacial score (nSPS) is 20.9. The molecule has 0 amide bonds. The SMILES string of the molecule is CCOc1ccc(Cl)cc1S(=O)(=O)N1CCC[C@H](C)C1. The highest BCUT2D eigenvalue weighted by atomic mass is 35.5. The Morgan fingerprint density at radius 2 is 2.20 bits per heavy atom. The van der Waals surface area contributed by atoms with Crippen molar-refractivity contribution in [3.05, 3.63) is 23.2 Å². The minimum Gasteiger partial charge on any atom is -0.492 e. The quantitative estimate of drug-likeness (QED) is 0.857. The van der Waals surface area contributed by atoms with Gasteiger partial charge in [-0.2, -0.15) is 4.31 Å². The average molecular weight is 318 g/mol. The van der Waals surface area contributed by atoms with Gasteiger partial charge in [-0.25, -0.2) is 8.42 Å². The Hall–Kier alpha value is -0.780. The molecule has 112 valence electrons. The van der Waals surface area contributed by atoms with Crippen LogP contribution in [-0.4, -0.2) is 32.4 Å². The summed E-state index contributed by atoms with van der Waals surface area (Å²) in [5.41, 5.74) is 0. The maximum absolute atomic E-state index is 12.8. The summed E-state index contributed by atoms with van der Waals surface area (Å²) in [7, 11) is -3.55. The summed E-state index contributed by atoms with van der Waals surface area (Å²) < 4.78 is 32.5. The molecule has 1 fully saturated rings. The number of benzene rings is 1. The lowest BCUT2D eigenvalue weighted by molar-refractivity contribution is 0.278. The van der Waals surface area contributed by atoms with Crippen LogP contribution in [0.25, 0.3) is 0 Å². The number of rotatable bonds is 4. The first-order chi connectivity index (χ1) is 9.45. The van der Waals surface area contributed by atoms with Gasteiger partial charge in [-0.1, -0.05) is 18.5 Å². The summed E-state index contributed by atoms with van der Waals surface area (Å²) in [5, 5.41) is 0.400. The molecular weight excluding hydrogens is 298 g/mol. The Kier molecular flexibility index (Phi) is 4.94. The zero-order valence-corrected chi connectivity index (χ0v) is 13.4. The molecule has 2 rings (SSSR count). The number of hydrogen-bond donors (Lipinski definition) is 0. The van der Waals surface area contributed by atoms with Gasteiger partial charge in [0.15, 0.2) is 0 Å². The first kappa shape index (κ1) is 15.6. The van der Waals surface area contributed by atoms with Gasteiger partial charge >= 0.3 is 0 Å². The standard InChI is InChI=1S/C14H20ClNO3S/c1-3-19-13-7-6-12(15)9-14(13)20(17,18)16-8-4-5-11(2)10-16/h6-7,9,11H,3-5,8,10H2,1-2H3/t11-/m0/s1. The second-order valence-electron chi connectivity index (χ2n) is 5.13. The highest BCUT2D eigenvalue weighted by Crippen LogP contribution is 2.31. The topological polar surface area (TPSA) is 46.6 Å². The van der Waals surface area contributed by atoms with E-state index in [-0.39, 0.29) is 4.90 Å². The molecular formula is C14H20ClNO3S. The van der Waals surface area contributed by atoms with E-state index in [1.54, 1.807) is 12.1 Å². The molecule has 0 aromatic heterocycles. The van der Waals surface area contributed by atoms with E-state index in [1.165, 1.54) is 10.4 Å². The predicted octanol–water partition coefficient (Wildman–Crippen LogP) is 3.16. The molecule has 0 N–H and O–H groups in total. The number of ether oxygens (including phenoxy) is 1. The molecule has 1 aromatic rings. The van der Waals surface area contributed by atoms with E-state index in [0.29, 0.717) is 36.4 Å². The molecule has 0 bridgehead atoms. The first-order valence-electron chi connectivity index (χ1n) is 6.87. The summed E-state index contributed by atoms with van der Waals surface area (Å²) in [5.74, 6) is 0.753. The van der Waals surface area contributed by atoms with E-state index < -0.39 is 10.0 Å². The van der Waals surface area contributed by atoms with Crippen molar-refractivity contribution in [3.8, 4) is 5.75 Å². The van der Waals surface area contributed by atoms with Gasteiger partial charge < -0.3 is 4.74 Å². The van der Waals surface area contributed by atoms with Gasteiger partial charge in [0, 0.05) is 18.1 Å². The van der Waals surface area contributed by atoms with Crippen LogP contribution in [0.2, 0.25) is 5.02 Å². The predicted molar refractivity (Wildman–Crippen MR) is 79.8 cm³/mol. The molecule has 0 aliphatic carbocycles. The molecule has 1 heterocycles. The Labute approximate surface area is 125 Å². The fourth-order valence-corrected chi connectivity index (χ4v) is 4.45. The maximum Gasteiger partial charge on any atom is 0.246 e. The van der Waals surface area contributed by atoms with Crippen LogP contribution in [0.1, 0.15) is 26.7 Å². The fraction of sp³-hybridized carbons (Fsp3) is 0.571. The lowest BCUT2D eigenvalue weighted by atomic mass is 10.0. The van der Waals surface area contributed by atoms with Gasteiger partial charge in [0.2, 0.25) is 10.0 Å². The van der Waals surface area contributed by atoms with E-state index in [4.69, 9.17) is 16.3 Å². The van der Waals surface area contributed by atoms with E-state index in [9.17, 15) is 8.42 Å². The van der Waals surface area contributed by atoms with E-state index in [2.05, 4.69) is 6.92 Å². The van der Waals surface area contributed by atoms with Crippen LogP contribution in [-0.2, 0) is 10.0 Å². The molecule has 0 spiro atoms. The second-order valence-corrected chi connectivity index (χ2v) is 7.48. The van der Waals surface area contributed by atoms with E-state index in [0.717, 1.165) is 12.8 Å². The van der Waals surface area contributed by atoms with Crippen LogP contribution in [0.5, 0.6) is 5.75 Å². The Bertz CT molecular complexity index is 574. The summed E-state index contributed by atoms with van der Waals surface area (Å²) in [6.45, 7) is 5.43. The second kappa shape index (κ2) is 6.33. The van der Waals surface area contributed by atoms with E-state index >= 15 is 0 Å². The van der Waals surface area contributed by atoms with Crippen molar-refractivity contribution in [2.24, 2.45) is 5.92 Å². The van der Waals surface area contributed by atoms with Crippen molar-refractivity contribution in [1.29, 1.82) is 0 Å². The molecule has 1 atom stereocenters. The molecule has 6 heteroatoms. The maximum atomic E-state index is 12.8. The molecule has 20 heavy (non-hydrogen) atoms. The molecule has 1 aliphatic heterocycles. The monoisotopic (exact) mass is 317 g/mol. The Morgan fingerprint density at radius 1 is 1.45 bits per heavy atom. The molecule has 4 nitrogen and oxygen atoms in total. The van der Waals surface area contributed by atoms with Gasteiger partial charge in [0.25, 0.3) is 0 Å². The first-order valence-corrected chi connectivity index (χ1v) is 8.69. The third kappa shape index (κ3) is 3.27. The molecule has 1 aliphatic rings. The van der Waals surface area contributed by atoms with Gasteiger partial charge in [0.05, 0.1) is 6.61 Å².